The number of alkyl halides is 1. The zero-order valence-electron chi connectivity index (χ0n) is 16.5. The van der Waals surface area contributed by atoms with Crippen LogP contribution >= 0.6 is 0 Å². The van der Waals surface area contributed by atoms with Crippen LogP contribution in [0, 0.1) is 17.2 Å². The first kappa shape index (κ1) is 18.7. The van der Waals surface area contributed by atoms with Crippen LogP contribution in [-0.4, -0.2) is 67.2 Å². The lowest BCUT2D eigenvalue weighted by molar-refractivity contribution is 0.111. The first-order chi connectivity index (χ1) is 14.5. The van der Waals surface area contributed by atoms with Crippen LogP contribution in [0.15, 0.2) is 23.3 Å². The summed E-state index contributed by atoms with van der Waals surface area (Å²) in [7, 11) is 0. The molecular weight excluding hydrogens is 389 g/mol. The van der Waals surface area contributed by atoms with E-state index >= 15 is 0 Å². The van der Waals surface area contributed by atoms with Gasteiger partial charge in [-0.2, -0.15) is 5.26 Å². The molecule has 3 aromatic rings. The summed E-state index contributed by atoms with van der Waals surface area (Å²) in [6.45, 7) is 2.85. The molecule has 2 N–H and O–H groups in total. The summed E-state index contributed by atoms with van der Waals surface area (Å²) in [6.07, 6.45) is 2.99. The quantitative estimate of drug-likeness (QED) is 0.639. The highest BCUT2D eigenvalue weighted by molar-refractivity contribution is 6.01. The van der Waals surface area contributed by atoms with E-state index in [0.29, 0.717) is 30.7 Å². The highest BCUT2D eigenvalue weighted by Gasteiger charge is 2.40. The first-order valence-electron chi connectivity index (χ1n) is 10.1. The second kappa shape index (κ2) is 6.86. The minimum absolute atomic E-state index is 0.0519. The maximum absolute atomic E-state index is 13.8. The Morgan fingerprint density at radius 3 is 3.03 bits per heavy atom. The lowest BCUT2D eigenvalue weighted by Gasteiger charge is -2.39. The number of nitrogens with one attached hydrogen (secondary N) is 2. The maximum Gasteiger partial charge on any atom is 0.326 e. The van der Waals surface area contributed by atoms with Crippen LogP contribution in [0.2, 0.25) is 0 Å². The fourth-order valence-electron chi connectivity index (χ4n) is 4.80. The van der Waals surface area contributed by atoms with Gasteiger partial charge in [-0.15, -0.1) is 0 Å². The van der Waals surface area contributed by atoms with Crippen LogP contribution in [0.4, 0.5) is 9.18 Å². The van der Waals surface area contributed by atoms with Gasteiger partial charge in [0.05, 0.1) is 35.9 Å². The topological polar surface area (TPSA) is 114 Å². The summed E-state index contributed by atoms with van der Waals surface area (Å²) in [5.41, 5.74) is 1.85. The van der Waals surface area contributed by atoms with Crippen molar-refractivity contribution in [3.05, 3.63) is 28.9 Å². The Bertz CT molecular complexity index is 1220. The molecule has 0 saturated carbocycles. The van der Waals surface area contributed by atoms with Crippen LogP contribution in [0.1, 0.15) is 25.8 Å². The van der Waals surface area contributed by atoms with Gasteiger partial charge in [-0.3, -0.25) is 4.57 Å². The number of piperidine rings is 1. The number of halogens is 1. The van der Waals surface area contributed by atoms with Crippen molar-refractivity contribution in [1.29, 1.82) is 5.26 Å². The number of nitrogens with zero attached hydrogens (tertiary/aromatic N) is 5. The molecule has 0 aliphatic carbocycles. The van der Waals surface area contributed by atoms with E-state index in [1.807, 2.05) is 12.1 Å². The number of nitriles is 1. The Labute approximate surface area is 171 Å². The molecule has 3 aromatic heterocycles. The van der Waals surface area contributed by atoms with E-state index in [1.54, 1.807) is 21.9 Å². The van der Waals surface area contributed by atoms with Crippen LogP contribution < -0.4 is 5.69 Å². The fraction of sp³-hybridized carbons (Fsp3) is 0.500. The second-order valence-corrected chi connectivity index (χ2v) is 8.25. The normalized spacial score (nSPS) is 27.1. The minimum atomic E-state index is -1.18. The van der Waals surface area contributed by atoms with E-state index in [9.17, 15) is 19.2 Å². The number of hydrogen-bond acceptors (Lipinski definition) is 4. The van der Waals surface area contributed by atoms with Crippen molar-refractivity contribution in [2.45, 2.75) is 38.0 Å². The van der Waals surface area contributed by atoms with Gasteiger partial charge in [0.1, 0.15) is 17.9 Å². The Morgan fingerprint density at radius 2 is 2.23 bits per heavy atom. The van der Waals surface area contributed by atoms with E-state index in [0.717, 1.165) is 10.9 Å². The van der Waals surface area contributed by atoms with Crippen molar-refractivity contribution in [3.63, 3.8) is 0 Å². The number of H-pyrrole nitrogens is 2. The van der Waals surface area contributed by atoms with Crippen molar-refractivity contribution in [1.82, 2.24) is 29.3 Å². The zero-order valence-corrected chi connectivity index (χ0v) is 16.5. The lowest BCUT2D eigenvalue weighted by atomic mass is 9.93. The highest BCUT2D eigenvalue weighted by atomic mass is 19.1. The van der Waals surface area contributed by atoms with Gasteiger partial charge in [0.25, 0.3) is 0 Å². The average molecular weight is 411 g/mol. The van der Waals surface area contributed by atoms with E-state index in [4.69, 9.17) is 0 Å². The van der Waals surface area contributed by atoms with E-state index in [2.05, 4.69) is 21.9 Å². The fourth-order valence-corrected chi connectivity index (χ4v) is 4.80. The van der Waals surface area contributed by atoms with Gasteiger partial charge in [0.15, 0.2) is 0 Å². The van der Waals surface area contributed by atoms with E-state index in [-0.39, 0.29) is 36.6 Å². The predicted octanol–water partition coefficient (Wildman–Crippen LogP) is 2.14. The molecule has 0 aromatic carbocycles. The summed E-state index contributed by atoms with van der Waals surface area (Å²) in [5.74, 6) is 0.159. The standard InChI is InChI=1S/C20H22FN7O2/c1-11-3-5-26(20(30)27-9-12(21)6-13(27)7-22)10-16(11)28-17-14-2-4-23-18(14)24-8-15(17)25-19(28)29/h2,4,8,11-13,16H,3,5-6,9-10H2,1H3,(H,23,24)(H,25,29)/t11-,12-,13-,16+/m1/s1. The van der Waals surface area contributed by atoms with Crippen LogP contribution in [0.5, 0.6) is 0 Å². The monoisotopic (exact) mass is 411 g/mol. The molecule has 4 atom stereocenters. The Kier molecular flexibility index (Phi) is 4.27. The molecule has 9 nitrogen and oxygen atoms in total. The number of urea groups is 1. The predicted molar refractivity (Wildman–Crippen MR) is 108 cm³/mol. The van der Waals surface area contributed by atoms with Gasteiger partial charge in [0, 0.05) is 31.1 Å². The largest absolute Gasteiger partial charge is 0.346 e. The van der Waals surface area contributed by atoms with Crippen molar-refractivity contribution < 1.29 is 9.18 Å². The van der Waals surface area contributed by atoms with E-state index in [1.165, 1.54) is 4.90 Å². The Morgan fingerprint density at radius 1 is 1.40 bits per heavy atom. The summed E-state index contributed by atoms with van der Waals surface area (Å²) in [6, 6.07) is 2.59. The van der Waals surface area contributed by atoms with Crippen LogP contribution in [-0.2, 0) is 0 Å². The van der Waals surface area contributed by atoms with Crippen molar-refractivity contribution in [3.8, 4) is 6.07 Å². The van der Waals surface area contributed by atoms with Crippen molar-refractivity contribution >= 4 is 28.1 Å². The van der Waals surface area contributed by atoms with Gasteiger partial charge >= 0.3 is 11.7 Å². The van der Waals surface area contributed by atoms with Gasteiger partial charge in [-0.05, 0) is 18.4 Å². The number of carbonyl (C=O) groups is 1. The molecule has 5 rings (SSSR count). The third-order valence-electron chi connectivity index (χ3n) is 6.43. The number of likely N-dealkylation sites (tertiary alicyclic amines) is 2. The number of rotatable bonds is 1. The number of imidazole rings is 1. The van der Waals surface area contributed by atoms with Crippen molar-refractivity contribution in [2.24, 2.45) is 5.92 Å². The third-order valence-corrected chi connectivity index (χ3v) is 6.43. The van der Waals surface area contributed by atoms with Gasteiger partial charge in [-0.25, -0.2) is 19.0 Å². The number of aromatic nitrogens is 4. The SMILES string of the molecule is C[C@@H]1CCN(C(=O)N2C[C@H](F)C[C@@H]2C#N)C[C@@H]1n1c(=O)[nH]c2cnc3[nH]ccc3c21. The summed E-state index contributed by atoms with van der Waals surface area (Å²) >= 11 is 0. The van der Waals surface area contributed by atoms with E-state index < -0.39 is 12.2 Å². The summed E-state index contributed by atoms with van der Waals surface area (Å²) in [4.78, 5) is 39.2. The summed E-state index contributed by atoms with van der Waals surface area (Å²) < 4.78 is 15.5. The number of pyridine rings is 1. The Hall–Kier alpha value is -3.35. The number of carbonyl (C=O) groups excluding carboxylic acids is 1. The third kappa shape index (κ3) is 2.76. The molecule has 2 aliphatic heterocycles. The molecule has 5 heterocycles. The molecule has 2 saturated heterocycles. The van der Waals surface area contributed by atoms with Crippen molar-refractivity contribution in [2.75, 3.05) is 19.6 Å². The molecular formula is C20H22FN7O2. The molecule has 0 bridgehead atoms. The maximum atomic E-state index is 13.8. The summed E-state index contributed by atoms with van der Waals surface area (Å²) in [5, 5.41) is 10.1. The molecule has 0 radical (unpaired) electrons. The highest BCUT2D eigenvalue weighted by Crippen LogP contribution is 2.32. The molecule has 30 heavy (non-hydrogen) atoms. The molecule has 0 spiro atoms. The molecule has 2 fully saturated rings. The number of hydrogen-bond donors (Lipinski definition) is 2. The van der Waals surface area contributed by atoms with Gasteiger partial charge < -0.3 is 19.8 Å². The second-order valence-electron chi connectivity index (χ2n) is 8.25. The molecule has 2 aliphatic rings. The van der Waals surface area contributed by atoms with Gasteiger partial charge in [-0.1, -0.05) is 6.92 Å². The number of aromatic amines is 2. The van der Waals surface area contributed by atoms with Gasteiger partial charge in [0.2, 0.25) is 0 Å². The van der Waals surface area contributed by atoms with Crippen LogP contribution in [0.25, 0.3) is 22.1 Å². The molecule has 2 amide bonds. The Balaban J connectivity index is 1.52. The number of fused-ring (bicyclic) bond motifs is 3. The molecule has 156 valence electrons. The smallest absolute Gasteiger partial charge is 0.326 e. The van der Waals surface area contributed by atoms with Crippen LogP contribution in [0.3, 0.4) is 0 Å². The number of amides is 2. The first-order valence-corrected chi connectivity index (χ1v) is 10.1. The zero-order chi connectivity index (χ0) is 21.0. The molecule has 0 unspecified atom stereocenters. The minimum Gasteiger partial charge on any atom is -0.346 e. The lowest BCUT2D eigenvalue weighted by Crippen LogP contribution is -2.51. The average Bonchev–Trinajstić information content (AvgIpc) is 3.43. The molecule has 10 heteroatoms.